The third-order valence-electron chi connectivity index (χ3n) is 2.32. The lowest BCUT2D eigenvalue weighted by atomic mass is 10.2. The fourth-order valence-corrected chi connectivity index (χ4v) is 1.98. The van der Waals surface area contributed by atoms with Crippen LogP contribution in [-0.4, -0.2) is 36.4 Å². The van der Waals surface area contributed by atoms with Gasteiger partial charge in [0.2, 0.25) is 5.91 Å². The number of anilines is 1. The van der Waals surface area contributed by atoms with Crippen molar-refractivity contribution in [3.8, 4) is 0 Å². The first-order valence-electron chi connectivity index (χ1n) is 5.30. The second-order valence-electron chi connectivity index (χ2n) is 3.89. The lowest BCUT2D eigenvalue weighted by molar-refractivity contribution is -0.384. The van der Waals surface area contributed by atoms with Gasteiger partial charge in [0.1, 0.15) is 0 Å². The predicted molar refractivity (Wildman–Crippen MR) is 77.6 cm³/mol. The topological polar surface area (TPSA) is 75.5 Å². The summed E-state index contributed by atoms with van der Waals surface area (Å²) in [5.74, 6) is 0.0411. The summed E-state index contributed by atoms with van der Waals surface area (Å²) in [6.07, 6.45) is 0.389. The van der Waals surface area contributed by atoms with E-state index in [2.05, 4.69) is 5.32 Å². The molecular weight excluding hydrogens is 349 g/mol. The van der Waals surface area contributed by atoms with Crippen molar-refractivity contribution in [3.05, 3.63) is 31.9 Å². The number of benzene rings is 1. The van der Waals surface area contributed by atoms with Crippen molar-refractivity contribution in [3.63, 3.8) is 0 Å². The molecule has 0 radical (unpaired) electrons. The summed E-state index contributed by atoms with van der Waals surface area (Å²) >= 11 is 2.03. The Balaban J connectivity index is 2.58. The van der Waals surface area contributed by atoms with E-state index in [4.69, 9.17) is 0 Å². The third kappa shape index (κ3) is 4.13. The summed E-state index contributed by atoms with van der Waals surface area (Å²) in [7, 11) is 3.41. The Hall–Kier alpha value is -1.38. The summed E-state index contributed by atoms with van der Waals surface area (Å²) in [5, 5.41) is 13.7. The molecule has 0 aromatic heterocycles. The molecule has 0 spiro atoms. The van der Waals surface area contributed by atoms with E-state index in [1.807, 2.05) is 22.6 Å². The molecule has 0 aliphatic carbocycles. The first kappa shape index (κ1) is 14.7. The Labute approximate surface area is 119 Å². The summed E-state index contributed by atoms with van der Waals surface area (Å²) < 4.78 is 0.763. The maximum atomic E-state index is 11.4. The van der Waals surface area contributed by atoms with E-state index < -0.39 is 4.92 Å². The van der Waals surface area contributed by atoms with Gasteiger partial charge in [0.15, 0.2) is 0 Å². The van der Waals surface area contributed by atoms with Gasteiger partial charge >= 0.3 is 0 Å². The van der Waals surface area contributed by atoms with Crippen molar-refractivity contribution in [1.29, 1.82) is 0 Å². The number of halogens is 1. The van der Waals surface area contributed by atoms with Crippen molar-refractivity contribution >= 4 is 39.9 Å². The van der Waals surface area contributed by atoms with E-state index >= 15 is 0 Å². The largest absolute Gasteiger partial charge is 0.384 e. The van der Waals surface area contributed by atoms with Crippen LogP contribution in [0.2, 0.25) is 0 Å². The molecule has 1 aromatic rings. The number of nitrogens with zero attached hydrogens (tertiary/aromatic N) is 2. The smallest absolute Gasteiger partial charge is 0.270 e. The molecule has 0 saturated heterocycles. The number of carbonyl (C=O) groups excluding carboxylic acids is 1. The van der Waals surface area contributed by atoms with Crippen molar-refractivity contribution in [2.24, 2.45) is 0 Å². The van der Waals surface area contributed by atoms with Crippen LogP contribution in [0.25, 0.3) is 0 Å². The Morgan fingerprint density at radius 1 is 1.50 bits per heavy atom. The molecule has 0 aliphatic heterocycles. The Kier molecular flexibility index (Phi) is 5.32. The Morgan fingerprint density at radius 2 is 2.17 bits per heavy atom. The third-order valence-corrected chi connectivity index (χ3v) is 3.21. The highest BCUT2D eigenvalue weighted by atomic mass is 127. The van der Waals surface area contributed by atoms with Gasteiger partial charge in [-0.2, -0.15) is 0 Å². The van der Waals surface area contributed by atoms with Crippen LogP contribution in [0, 0.1) is 13.7 Å². The summed E-state index contributed by atoms with van der Waals surface area (Å²) in [5.41, 5.74) is 0.863. The molecule has 0 fully saturated rings. The average molecular weight is 363 g/mol. The van der Waals surface area contributed by atoms with Gasteiger partial charge in [0.25, 0.3) is 5.69 Å². The molecule has 1 N–H and O–H groups in total. The van der Waals surface area contributed by atoms with Gasteiger partial charge in [-0.05, 0) is 28.7 Å². The lowest BCUT2D eigenvalue weighted by Crippen LogP contribution is -2.24. The van der Waals surface area contributed by atoms with Gasteiger partial charge in [-0.15, -0.1) is 0 Å². The maximum absolute atomic E-state index is 11.4. The molecule has 98 valence electrons. The normalized spacial score (nSPS) is 9.94. The standard InChI is InChI=1S/C11H14IN3O3/c1-14(2)11(16)5-6-13-10-4-3-8(15(17)18)7-9(10)12/h3-4,7,13H,5-6H2,1-2H3. The molecule has 1 aromatic carbocycles. The van der Waals surface area contributed by atoms with Gasteiger partial charge in [0.05, 0.1) is 4.92 Å². The Bertz CT molecular complexity index is 463. The van der Waals surface area contributed by atoms with E-state index in [1.54, 1.807) is 20.2 Å². The summed E-state index contributed by atoms with van der Waals surface area (Å²) in [6.45, 7) is 0.505. The molecule has 7 heteroatoms. The second-order valence-corrected chi connectivity index (χ2v) is 5.05. The van der Waals surface area contributed by atoms with Gasteiger partial charge < -0.3 is 10.2 Å². The number of amides is 1. The maximum Gasteiger partial charge on any atom is 0.270 e. The second kappa shape index (κ2) is 6.53. The summed E-state index contributed by atoms with van der Waals surface area (Å²) in [6, 6.07) is 4.59. The lowest BCUT2D eigenvalue weighted by Gasteiger charge is -2.11. The molecular formula is C11H14IN3O3. The van der Waals surface area contributed by atoms with E-state index in [-0.39, 0.29) is 11.6 Å². The van der Waals surface area contributed by atoms with E-state index in [0.29, 0.717) is 13.0 Å². The van der Waals surface area contributed by atoms with Gasteiger partial charge in [0, 0.05) is 48.5 Å². The van der Waals surface area contributed by atoms with Crippen LogP contribution in [0.15, 0.2) is 18.2 Å². The number of nitrogens with one attached hydrogen (secondary N) is 1. The number of non-ortho nitro benzene ring substituents is 1. The number of nitro benzene ring substituents is 1. The predicted octanol–water partition coefficient (Wildman–Crippen LogP) is 2.09. The zero-order valence-corrected chi connectivity index (χ0v) is 12.3. The molecule has 0 bridgehead atoms. The van der Waals surface area contributed by atoms with Gasteiger partial charge in [-0.3, -0.25) is 14.9 Å². The van der Waals surface area contributed by atoms with Crippen molar-refractivity contribution in [2.45, 2.75) is 6.42 Å². The molecule has 6 nitrogen and oxygen atoms in total. The number of carbonyl (C=O) groups is 1. The molecule has 0 atom stereocenters. The summed E-state index contributed by atoms with van der Waals surface area (Å²) in [4.78, 5) is 23.0. The van der Waals surface area contributed by atoms with Crippen LogP contribution in [0.5, 0.6) is 0 Å². The first-order valence-corrected chi connectivity index (χ1v) is 6.37. The minimum atomic E-state index is -0.429. The highest BCUT2D eigenvalue weighted by Crippen LogP contribution is 2.23. The quantitative estimate of drug-likeness (QED) is 0.494. The minimum Gasteiger partial charge on any atom is -0.384 e. The molecule has 1 rings (SSSR count). The van der Waals surface area contributed by atoms with Crippen molar-refractivity contribution < 1.29 is 9.72 Å². The minimum absolute atomic E-state index is 0.0411. The van der Waals surface area contributed by atoms with E-state index in [1.165, 1.54) is 17.0 Å². The Morgan fingerprint density at radius 3 is 2.67 bits per heavy atom. The highest BCUT2D eigenvalue weighted by Gasteiger charge is 2.09. The number of rotatable bonds is 5. The van der Waals surface area contributed by atoms with E-state index in [9.17, 15) is 14.9 Å². The number of nitro groups is 1. The monoisotopic (exact) mass is 363 g/mol. The number of hydrogen-bond acceptors (Lipinski definition) is 4. The van der Waals surface area contributed by atoms with Gasteiger partial charge in [-0.25, -0.2) is 0 Å². The molecule has 1 amide bonds. The SMILES string of the molecule is CN(C)C(=O)CCNc1ccc([N+](=O)[O-])cc1I. The zero-order valence-electron chi connectivity index (χ0n) is 10.1. The average Bonchev–Trinajstić information content (AvgIpc) is 2.30. The van der Waals surface area contributed by atoms with E-state index in [0.717, 1.165) is 9.26 Å². The first-order chi connectivity index (χ1) is 8.41. The highest BCUT2D eigenvalue weighted by molar-refractivity contribution is 14.1. The molecule has 0 aliphatic rings. The van der Waals surface area contributed by atoms with Crippen LogP contribution in [0.4, 0.5) is 11.4 Å². The number of hydrogen-bond donors (Lipinski definition) is 1. The molecule has 0 heterocycles. The van der Waals surface area contributed by atoms with Crippen LogP contribution < -0.4 is 5.32 Å². The van der Waals surface area contributed by atoms with Crippen LogP contribution in [0.3, 0.4) is 0 Å². The zero-order chi connectivity index (χ0) is 13.7. The van der Waals surface area contributed by atoms with Crippen LogP contribution in [-0.2, 0) is 4.79 Å². The molecule has 18 heavy (non-hydrogen) atoms. The molecule has 0 unspecified atom stereocenters. The van der Waals surface area contributed by atoms with Crippen LogP contribution >= 0.6 is 22.6 Å². The van der Waals surface area contributed by atoms with Crippen molar-refractivity contribution in [1.82, 2.24) is 4.90 Å². The van der Waals surface area contributed by atoms with Crippen LogP contribution in [0.1, 0.15) is 6.42 Å². The fourth-order valence-electron chi connectivity index (χ4n) is 1.29. The van der Waals surface area contributed by atoms with Crippen molar-refractivity contribution in [2.75, 3.05) is 26.0 Å². The van der Waals surface area contributed by atoms with Gasteiger partial charge in [-0.1, -0.05) is 0 Å². The molecule has 0 saturated carbocycles. The fraction of sp³-hybridized carbons (Fsp3) is 0.364.